The van der Waals surface area contributed by atoms with Gasteiger partial charge in [-0.2, -0.15) is 5.26 Å². The summed E-state index contributed by atoms with van der Waals surface area (Å²) in [6.45, 7) is 0. The number of hydrogen-bond donors (Lipinski definition) is 5. The summed E-state index contributed by atoms with van der Waals surface area (Å²) >= 11 is 14.2. The highest BCUT2D eigenvalue weighted by molar-refractivity contribution is 9.11. The van der Waals surface area contributed by atoms with Crippen molar-refractivity contribution in [3.8, 4) is 6.07 Å². The Kier molecular flexibility index (Phi) is 13.3. The monoisotopic (exact) mass is 1020 g/mol. The van der Waals surface area contributed by atoms with Crippen LogP contribution in [0.2, 0.25) is 0 Å². The van der Waals surface area contributed by atoms with Crippen molar-refractivity contribution in [3.63, 3.8) is 0 Å². The fourth-order valence-corrected chi connectivity index (χ4v) is 8.97. The van der Waals surface area contributed by atoms with Gasteiger partial charge in [0.25, 0.3) is 5.91 Å². The Morgan fingerprint density at radius 1 is 0.559 bits per heavy atom. The lowest BCUT2D eigenvalue weighted by Gasteiger charge is -2.07. The molecular formula is C42H27Br3N8O3S3. The molecule has 0 aliphatic heterocycles. The third-order valence-electron chi connectivity index (χ3n) is 8.27. The minimum absolute atomic E-state index is 0.312. The molecule has 0 aliphatic rings. The van der Waals surface area contributed by atoms with Crippen LogP contribution < -0.4 is 21.7 Å². The molecule has 0 bridgehead atoms. The molecule has 6 N–H and O–H groups in total. The normalized spacial score (nSPS) is 10.5. The van der Waals surface area contributed by atoms with Crippen LogP contribution in [0.15, 0.2) is 142 Å². The van der Waals surface area contributed by atoms with Gasteiger partial charge in [-0.15, -0.1) is 34.0 Å². The number of nitrogens with zero attached hydrogens (tertiary/aromatic N) is 4. The first-order valence-electron chi connectivity index (χ1n) is 17.2. The number of thiophene rings is 3. The molecule has 0 atom stereocenters. The summed E-state index contributed by atoms with van der Waals surface area (Å²) in [6, 6.07) is 31.0. The van der Waals surface area contributed by atoms with E-state index < -0.39 is 11.9 Å². The number of amides is 1. The van der Waals surface area contributed by atoms with E-state index in [0.29, 0.717) is 14.6 Å². The zero-order chi connectivity index (χ0) is 41.5. The van der Waals surface area contributed by atoms with E-state index in [9.17, 15) is 9.59 Å². The highest BCUT2D eigenvalue weighted by Crippen LogP contribution is 2.35. The average Bonchev–Trinajstić information content (AvgIpc) is 4.00. The molecule has 0 unspecified atom stereocenters. The summed E-state index contributed by atoms with van der Waals surface area (Å²) in [6.07, 6.45) is 10.4. The van der Waals surface area contributed by atoms with Crippen molar-refractivity contribution in [3.05, 3.63) is 156 Å². The molecule has 9 aromatic rings. The number of carbonyl (C=O) groups excluding carboxylic acids is 1. The second kappa shape index (κ2) is 18.9. The number of nitrogens with one attached hydrogen (secondary N) is 3. The van der Waals surface area contributed by atoms with Gasteiger partial charge in [0.05, 0.1) is 54.6 Å². The summed E-state index contributed by atoms with van der Waals surface area (Å²) < 4.78 is 5.86. The first-order chi connectivity index (χ1) is 28.5. The molecule has 0 fully saturated rings. The van der Waals surface area contributed by atoms with E-state index in [1.165, 1.54) is 34.0 Å². The first kappa shape index (κ1) is 41.4. The highest BCUT2D eigenvalue weighted by atomic mass is 79.9. The number of carbonyl (C=O) groups is 2. The third-order valence-corrected chi connectivity index (χ3v) is 13.0. The lowest BCUT2D eigenvalue weighted by atomic mass is 10.2. The van der Waals surface area contributed by atoms with Gasteiger partial charge in [0.2, 0.25) is 0 Å². The lowest BCUT2D eigenvalue weighted by Crippen LogP contribution is -2.08. The van der Waals surface area contributed by atoms with E-state index in [1.807, 2.05) is 78.9 Å². The maximum atomic E-state index is 11.3. The van der Waals surface area contributed by atoms with E-state index in [0.717, 1.165) is 77.8 Å². The van der Waals surface area contributed by atoms with Gasteiger partial charge in [-0.05, 0) is 91.0 Å². The van der Waals surface area contributed by atoms with Crippen LogP contribution in [0.5, 0.6) is 0 Å². The van der Waals surface area contributed by atoms with Gasteiger partial charge in [0.1, 0.15) is 15.8 Å². The van der Waals surface area contributed by atoms with Crippen molar-refractivity contribution >= 4 is 158 Å². The smallest absolute Gasteiger partial charge is 0.345 e. The number of fused-ring (bicyclic) bond motifs is 3. The van der Waals surface area contributed by atoms with Crippen molar-refractivity contribution in [2.75, 3.05) is 16.0 Å². The zero-order valence-electron chi connectivity index (χ0n) is 30.1. The summed E-state index contributed by atoms with van der Waals surface area (Å²) in [5, 5.41) is 30.7. The molecule has 0 saturated carbocycles. The molecule has 1 amide bonds. The largest absolute Gasteiger partial charge is 0.477 e. The predicted molar refractivity (Wildman–Crippen MR) is 251 cm³/mol. The Labute approximate surface area is 374 Å². The molecule has 0 saturated heterocycles. The number of anilines is 6. The van der Waals surface area contributed by atoms with Crippen LogP contribution in [0.25, 0.3) is 30.3 Å². The Hall–Kier alpha value is -5.74. The molecule has 3 aromatic carbocycles. The van der Waals surface area contributed by atoms with Crippen LogP contribution in [-0.4, -0.2) is 31.9 Å². The second-order valence-electron chi connectivity index (χ2n) is 12.3. The summed E-state index contributed by atoms with van der Waals surface area (Å²) in [5.74, 6) is -1.33. The number of aromatic carboxylic acids is 1. The summed E-state index contributed by atoms with van der Waals surface area (Å²) in [4.78, 5) is 36.4. The fraction of sp³-hybridized carbons (Fsp3) is 0. The van der Waals surface area contributed by atoms with Gasteiger partial charge >= 0.3 is 5.97 Å². The van der Waals surface area contributed by atoms with Gasteiger partial charge in [-0.25, -0.2) is 4.79 Å². The predicted octanol–water partition coefficient (Wildman–Crippen LogP) is 13.1. The first-order valence-corrected chi connectivity index (χ1v) is 22.0. The molecular weight excluding hydrogens is 1000 g/mol. The Balaban J connectivity index is 0.000000134. The molecule has 0 spiro atoms. The Morgan fingerprint density at radius 3 is 1.29 bits per heavy atom. The van der Waals surface area contributed by atoms with E-state index in [2.05, 4.69) is 84.8 Å². The highest BCUT2D eigenvalue weighted by Gasteiger charge is 2.13. The summed E-state index contributed by atoms with van der Waals surface area (Å²) in [5.41, 5.74) is 10.8. The van der Waals surface area contributed by atoms with Crippen molar-refractivity contribution in [2.24, 2.45) is 5.73 Å². The van der Waals surface area contributed by atoms with Crippen molar-refractivity contribution in [1.82, 2.24) is 15.0 Å². The fourth-order valence-electron chi connectivity index (χ4n) is 5.53. The maximum Gasteiger partial charge on any atom is 0.345 e. The number of nitrogens with two attached hydrogens (primary N) is 1. The number of hydrogen-bond acceptors (Lipinski definition) is 12. The quantitative estimate of drug-likeness (QED) is 0.0983. The molecule has 0 aliphatic carbocycles. The number of benzene rings is 3. The number of carboxylic acid groups (broad SMARTS) is 1. The molecule has 0 radical (unpaired) electrons. The van der Waals surface area contributed by atoms with Crippen molar-refractivity contribution in [1.29, 1.82) is 5.26 Å². The SMILES string of the molecule is N#Cc1cc2c(Nc3ccc(Br)cc3)cncc2s1.NC(=O)c1cc2c(Nc3ccc(Br)cc3)cncc2s1.O=C(O)c1cc2c(Nc3ccc(Br)cc3)cncc2s1. The third kappa shape index (κ3) is 10.5. The minimum atomic E-state index is -0.916. The number of carboxylic acids is 1. The van der Waals surface area contributed by atoms with Crippen LogP contribution in [0.3, 0.4) is 0 Å². The molecule has 6 aromatic heterocycles. The lowest BCUT2D eigenvalue weighted by molar-refractivity contribution is 0.0702. The van der Waals surface area contributed by atoms with Gasteiger partial charge in [0, 0.05) is 65.2 Å². The molecule has 17 heteroatoms. The number of aromatic nitrogens is 3. The zero-order valence-corrected chi connectivity index (χ0v) is 37.3. The summed E-state index contributed by atoms with van der Waals surface area (Å²) in [7, 11) is 0. The molecule has 292 valence electrons. The standard InChI is InChI=1S/C14H10BrN3OS.C14H8BrN3S.C14H9BrN2O2S/c15-8-1-3-9(4-2-8)18-11-6-17-7-13-10(11)5-12(20-13)14(16)19;15-9-1-3-10(4-2-9)18-13-7-17-8-14-12(13)5-11(6-16)19-14;15-8-1-3-9(4-2-8)17-11-6-16-7-13-10(11)5-12(20-13)14(18)19/h1-7,18H,(H2,16,19);1-5,7-8,18H;1-7,17H,(H,18,19). The number of primary amides is 1. The van der Waals surface area contributed by atoms with E-state index in [-0.39, 0.29) is 0 Å². The topological polar surface area (TPSA) is 179 Å². The number of nitriles is 1. The van der Waals surface area contributed by atoms with Gasteiger partial charge in [-0.3, -0.25) is 19.7 Å². The van der Waals surface area contributed by atoms with Crippen LogP contribution >= 0.6 is 81.8 Å². The second-order valence-corrected chi connectivity index (χ2v) is 18.3. The maximum absolute atomic E-state index is 11.3. The van der Waals surface area contributed by atoms with Gasteiger partial charge in [-0.1, -0.05) is 47.8 Å². The molecule has 11 nitrogen and oxygen atoms in total. The molecule has 9 rings (SSSR count). The Morgan fingerprint density at radius 2 is 0.915 bits per heavy atom. The van der Waals surface area contributed by atoms with Gasteiger partial charge < -0.3 is 26.8 Å². The van der Waals surface area contributed by atoms with E-state index in [4.69, 9.17) is 16.1 Å². The van der Waals surface area contributed by atoms with Crippen LogP contribution in [0.4, 0.5) is 34.1 Å². The molecule has 59 heavy (non-hydrogen) atoms. The van der Waals surface area contributed by atoms with Crippen LogP contribution in [-0.2, 0) is 0 Å². The van der Waals surface area contributed by atoms with Crippen LogP contribution in [0.1, 0.15) is 24.2 Å². The average molecular weight is 1030 g/mol. The Bertz CT molecular complexity index is 2850. The number of halogens is 3. The van der Waals surface area contributed by atoms with Crippen molar-refractivity contribution in [2.45, 2.75) is 0 Å². The van der Waals surface area contributed by atoms with E-state index in [1.54, 1.807) is 49.3 Å². The van der Waals surface area contributed by atoms with Crippen molar-refractivity contribution < 1.29 is 14.7 Å². The van der Waals surface area contributed by atoms with Crippen LogP contribution in [0, 0.1) is 11.3 Å². The number of rotatable bonds is 8. The van der Waals surface area contributed by atoms with Gasteiger partial charge in [0.15, 0.2) is 0 Å². The minimum Gasteiger partial charge on any atom is -0.477 e. The number of pyridine rings is 3. The molecule has 6 heterocycles. The van der Waals surface area contributed by atoms with E-state index >= 15 is 0 Å².